The third-order valence-electron chi connectivity index (χ3n) is 5.60. The molecule has 1 aromatic heterocycles. The second-order valence-corrected chi connectivity index (χ2v) is 10.8. The molecule has 0 atom stereocenters. The van der Waals surface area contributed by atoms with Crippen LogP contribution in [0.5, 0.6) is 5.75 Å². The molecular formula is C25H33N3O5S2. The lowest BCUT2D eigenvalue weighted by Crippen LogP contribution is -2.31. The van der Waals surface area contributed by atoms with Gasteiger partial charge in [-0.2, -0.15) is 9.30 Å². The molecule has 2 aromatic carbocycles. The zero-order chi connectivity index (χ0) is 25.4. The van der Waals surface area contributed by atoms with E-state index in [0.29, 0.717) is 43.2 Å². The average Bonchev–Trinajstić information content (AvgIpc) is 3.20. The lowest BCUT2D eigenvalue weighted by atomic mass is 10.2. The number of methoxy groups -OCH3 is 1. The van der Waals surface area contributed by atoms with Gasteiger partial charge in [0.15, 0.2) is 4.80 Å². The number of aromatic nitrogens is 1. The van der Waals surface area contributed by atoms with Crippen molar-refractivity contribution in [2.24, 2.45) is 4.99 Å². The van der Waals surface area contributed by atoms with Crippen molar-refractivity contribution < 1.29 is 22.7 Å². The van der Waals surface area contributed by atoms with E-state index in [4.69, 9.17) is 9.47 Å². The lowest BCUT2D eigenvalue weighted by Gasteiger charge is -2.20. The number of ether oxygens (including phenoxy) is 2. The van der Waals surface area contributed by atoms with Gasteiger partial charge >= 0.3 is 0 Å². The van der Waals surface area contributed by atoms with Crippen LogP contribution >= 0.6 is 11.3 Å². The molecular weight excluding hydrogens is 486 g/mol. The molecule has 0 radical (unpaired) electrons. The summed E-state index contributed by atoms with van der Waals surface area (Å²) in [5.74, 6) is 0.293. The maximum Gasteiger partial charge on any atom is 0.279 e. The molecule has 0 saturated carbocycles. The van der Waals surface area contributed by atoms with Crippen molar-refractivity contribution in [3.63, 3.8) is 0 Å². The topological polar surface area (TPSA) is 90.2 Å². The van der Waals surface area contributed by atoms with Gasteiger partial charge in [0.1, 0.15) is 5.75 Å². The summed E-state index contributed by atoms with van der Waals surface area (Å²) >= 11 is 1.39. The molecule has 0 bridgehead atoms. The smallest absolute Gasteiger partial charge is 0.279 e. The van der Waals surface area contributed by atoms with Crippen molar-refractivity contribution in [3.8, 4) is 5.75 Å². The molecule has 35 heavy (non-hydrogen) atoms. The van der Waals surface area contributed by atoms with E-state index >= 15 is 0 Å². The Balaban J connectivity index is 1.93. The van der Waals surface area contributed by atoms with Gasteiger partial charge in [-0.05, 0) is 55.8 Å². The number of hydrogen-bond donors (Lipinski definition) is 0. The molecule has 8 nitrogen and oxygen atoms in total. The molecule has 0 N–H and O–H groups in total. The quantitative estimate of drug-likeness (QED) is 0.333. The van der Waals surface area contributed by atoms with Crippen LogP contribution in [0.4, 0.5) is 0 Å². The first kappa shape index (κ1) is 27.1. The van der Waals surface area contributed by atoms with Crippen LogP contribution in [0.25, 0.3) is 10.2 Å². The molecule has 190 valence electrons. The number of nitrogens with zero attached hydrogens (tertiary/aromatic N) is 3. The number of carbonyl (C=O) groups is 1. The molecule has 3 rings (SSSR count). The molecule has 0 unspecified atom stereocenters. The Bertz CT molecular complexity index is 1310. The summed E-state index contributed by atoms with van der Waals surface area (Å²) in [5.41, 5.74) is 1.27. The van der Waals surface area contributed by atoms with E-state index in [1.54, 1.807) is 7.11 Å². The van der Waals surface area contributed by atoms with E-state index in [1.807, 2.05) is 43.5 Å². The first-order valence-corrected chi connectivity index (χ1v) is 14.1. The molecule has 0 fully saturated rings. The number of hydrogen-bond acceptors (Lipinski definition) is 6. The van der Waals surface area contributed by atoms with Crippen molar-refractivity contribution in [2.45, 2.75) is 45.1 Å². The van der Waals surface area contributed by atoms with E-state index in [-0.39, 0.29) is 4.90 Å². The normalized spacial score (nSPS) is 12.5. The standard InChI is InChI=1S/C25H33N3O5S2/c1-5-8-15-27(6-2)35(30,31)21-12-9-19(10-13-21)24(29)26-25-28(16-17-33-7-3)22-14-11-20(32-4)18-23(22)34-25/h9-14,18H,5-8,15-17H2,1-4H3. The summed E-state index contributed by atoms with van der Waals surface area (Å²) in [5, 5.41) is 0. The fourth-order valence-corrected chi connectivity index (χ4v) is 6.21. The Hall–Kier alpha value is -2.53. The van der Waals surface area contributed by atoms with Crippen LogP contribution in [-0.4, -0.2) is 56.6 Å². The Morgan fingerprint density at radius 2 is 1.86 bits per heavy atom. The first-order valence-electron chi connectivity index (χ1n) is 11.8. The number of thiazole rings is 1. The molecule has 1 heterocycles. The third-order valence-corrected chi connectivity index (χ3v) is 8.63. The van der Waals surface area contributed by atoms with Crippen LogP contribution in [0.3, 0.4) is 0 Å². The number of rotatable bonds is 12. The highest BCUT2D eigenvalue weighted by Gasteiger charge is 2.22. The number of unbranched alkanes of at least 4 members (excludes halogenated alkanes) is 1. The van der Waals surface area contributed by atoms with Gasteiger partial charge in [-0.25, -0.2) is 8.42 Å². The first-order chi connectivity index (χ1) is 16.8. The van der Waals surface area contributed by atoms with Crippen LogP contribution < -0.4 is 9.54 Å². The number of sulfonamides is 1. The predicted molar refractivity (Wildman–Crippen MR) is 139 cm³/mol. The van der Waals surface area contributed by atoms with Crippen molar-refractivity contribution in [1.29, 1.82) is 0 Å². The van der Waals surface area contributed by atoms with Gasteiger partial charge in [-0.1, -0.05) is 31.6 Å². The van der Waals surface area contributed by atoms with Gasteiger partial charge in [-0.15, -0.1) is 0 Å². The van der Waals surface area contributed by atoms with Crippen LogP contribution in [0, 0.1) is 0 Å². The predicted octanol–water partition coefficient (Wildman–Crippen LogP) is 4.30. The van der Waals surface area contributed by atoms with Crippen LogP contribution in [0.15, 0.2) is 52.4 Å². The average molecular weight is 520 g/mol. The van der Waals surface area contributed by atoms with Crippen molar-refractivity contribution in [2.75, 3.05) is 33.4 Å². The minimum absolute atomic E-state index is 0.174. The molecule has 0 aliphatic heterocycles. The Labute approximate surface area is 210 Å². The molecule has 0 saturated heterocycles. The second-order valence-electron chi connectivity index (χ2n) is 7.86. The molecule has 1 amide bonds. The minimum Gasteiger partial charge on any atom is -0.497 e. The highest BCUT2D eigenvalue weighted by molar-refractivity contribution is 7.89. The second kappa shape index (κ2) is 12.4. The van der Waals surface area contributed by atoms with Crippen molar-refractivity contribution in [3.05, 3.63) is 52.8 Å². The van der Waals surface area contributed by atoms with Crippen LogP contribution in [-0.2, 0) is 21.3 Å². The van der Waals surface area contributed by atoms with E-state index < -0.39 is 15.9 Å². The fraction of sp³-hybridized carbons (Fsp3) is 0.440. The number of carbonyl (C=O) groups excluding carboxylic acids is 1. The molecule has 0 spiro atoms. The summed E-state index contributed by atoms with van der Waals surface area (Å²) in [7, 11) is -1.99. The highest BCUT2D eigenvalue weighted by atomic mass is 32.2. The fourth-order valence-electron chi connectivity index (χ4n) is 3.63. The van der Waals surface area contributed by atoms with Gasteiger partial charge in [0, 0.05) is 31.8 Å². The van der Waals surface area contributed by atoms with Gasteiger partial charge in [0.2, 0.25) is 10.0 Å². The minimum atomic E-state index is -3.60. The van der Waals surface area contributed by atoms with E-state index in [9.17, 15) is 13.2 Å². The molecule has 10 heteroatoms. The van der Waals surface area contributed by atoms with E-state index in [2.05, 4.69) is 4.99 Å². The number of amides is 1. The maximum atomic E-state index is 13.0. The zero-order valence-electron chi connectivity index (χ0n) is 20.7. The summed E-state index contributed by atoms with van der Waals surface area (Å²) in [4.78, 5) is 18.1. The van der Waals surface area contributed by atoms with Crippen molar-refractivity contribution >= 4 is 37.5 Å². The lowest BCUT2D eigenvalue weighted by molar-refractivity contribution is 0.0996. The monoisotopic (exact) mass is 519 g/mol. The van der Waals surface area contributed by atoms with Crippen LogP contribution in [0.2, 0.25) is 0 Å². The summed E-state index contributed by atoms with van der Waals surface area (Å²) in [6.07, 6.45) is 1.71. The highest BCUT2D eigenvalue weighted by Crippen LogP contribution is 2.23. The SMILES string of the molecule is CCCCN(CC)S(=O)(=O)c1ccc(C(=O)N=c2sc3cc(OC)ccc3n2CCOCC)cc1. The Kier molecular flexibility index (Phi) is 9.62. The van der Waals surface area contributed by atoms with E-state index in [1.165, 1.54) is 39.9 Å². The van der Waals surface area contributed by atoms with Gasteiger partial charge in [0.25, 0.3) is 5.91 Å². The maximum absolute atomic E-state index is 13.0. The Morgan fingerprint density at radius 1 is 1.11 bits per heavy atom. The summed E-state index contributed by atoms with van der Waals surface area (Å²) in [6.45, 7) is 8.31. The molecule has 3 aromatic rings. The zero-order valence-corrected chi connectivity index (χ0v) is 22.3. The number of benzene rings is 2. The largest absolute Gasteiger partial charge is 0.497 e. The van der Waals surface area contributed by atoms with E-state index in [0.717, 1.165) is 28.8 Å². The van der Waals surface area contributed by atoms with Gasteiger partial charge in [-0.3, -0.25) is 4.79 Å². The van der Waals surface area contributed by atoms with Crippen LogP contribution in [0.1, 0.15) is 44.0 Å². The van der Waals surface area contributed by atoms with Crippen molar-refractivity contribution in [1.82, 2.24) is 8.87 Å². The summed E-state index contributed by atoms with van der Waals surface area (Å²) in [6, 6.07) is 11.7. The summed E-state index contributed by atoms with van der Waals surface area (Å²) < 4.78 is 41.1. The molecule has 0 aliphatic rings. The third kappa shape index (κ3) is 6.38. The van der Waals surface area contributed by atoms with Gasteiger partial charge in [0.05, 0.1) is 28.8 Å². The number of fused-ring (bicyclic) bond motifs is 1. The Morgan fingerprint density at radius 3 is 2.49 bits per heavy atom. The van der Waals surface area contributed by atoms with Gasteiger partial charge < -0.3 is 14.0 Å². The molecule has 0 aliphatic carbocycles.